The minimum atomic E-state index is -0.837. The van der Waals surface area contributed by atoms with Gasteiger partial charge < -0.3 is 20.1 Å². The number of aliphatic hydroxyl groups is 1. The molecule has 1 aliphatic rings. The zero-order chi connectivity index (χ0) is 17.8. The second-order valence-corrected chi connectivity index (χ2v) is 6.07. The maximum atomic E-state index is 12.3. The molecule has 3 rings (SSSR count). The zero-order valence-electron chi connectivity index (χ0n) is 14.6. The smallest absolute Gasteiger partial charge is 0.317 e. The predicted octanol–water partition coefficient (Wildman–Crippen LogP) is 0.260. The number of nitrogens with zero attached hydrogens (tertiary/aromatic N) is 5. The van der Waals surface area contributed by atoms with E-state index in [1.807, 2.05) is 10.7 Å². The van der Waals surface area contributed by atoms with Crippen LogP contribution in [0.15, 0.2) is 18.3 Å². The number of rotatable bonds is 5. The van der Waals surface area contributed by atoms with E-state index in [2.05, 4.69) is 15.5 Å². The summed E-state index contributed by atoms with van der Waals surface area (Å²) in [5.74, 6) is 0. The van der Waals surface area contributed by atoms with Crippen LogP contribution in [0.25, 0.3) is 0 Å². The Hall–Kier alpha value is -2.39. The molecule has 2 N–H and O–H groups in total. The van der Waals surface area contributed by atoms with Gasteiger partial charge in [0.25, 0.3) is 0 Å². The first-order chi connectivity index (χ1) is 12.1. The number of amides is 2. The summed E-state index contributed by atoms with van der Waals surface area (Å²) in [6.07, 6.45) is 1.62. The second-order valence-electron chi connectivity index (χ2n) is 6.07. The molecular weight excluding hydrogens is 324 g/mol. The van der Waals surface area contributed by atoms with Crippen LogP contribution in [0.3, 0.4) is 0 Å². The summed E-state index contributed by atoms with van der Waals surface area (Å²) in [4.78, 5) is 14.0. The standard InChI is InChI=1S/C16H24N6O3/c1-20-14(4-5-18-20)15(23)13-10-12-11-21(7-3-8-22(12)19-13)16(24)17-6-9-25-2/h4-5,10,15,23H,3,6-9,11H2,1-2H3,(H,17,24). The first-order valence-electron chi connectivity index (χ1n) is 8.34. The van der Waals surface area contributed by atoms with Gasteiger partial charge in [0.2, 0.25) is 0 Å². The van der Waals surface area contributed by atoms with Gasteiger partial charge in [0.05, 0.1) is 30.2 Å². The fraction of sp³-hybridized carbons (Fsp3) is 0.562. The molecule has 0 aliphatic carbocycles. The first kappa shape index (κ1) is 17.4. The number of carbonyl (C=O) groups excluding carboxylic acids is 1. The van der Waals surface area contributed by atoms with Gasteiger partial charge in [-0.3, -0.25) is 9.36 Å². The number of hydrogen-bond donors (Lipinski definition) is 2. The molecule has 0 radical (unpaired) electrons. The Kier molecular flexibility index (Phi) is 5.34. The largest absolute Gasteiger partial charge is 0.383 e. The van der Waals surface area contributed by atoms with Crippen molar-refractivity contribution in [3.63, 3.8) is 0 Å². The molecule has 0 saturated carbocycles. The lowest BCUT2D eigenvalue weighted by atomic mass is 10.2. The molecule has 0 fully saturated rings. The molecule has 1 unspecified atom stereocenters. The lowest BCUT2D eigenvalue weighted by Crippen LogP contribution is -2.40. The van der Waals surface area contributed by atoms with Crippen LogP contribution in [-0.2, 0) is 24.9 Å². The van der Waals surface area contributed by atoms with Gasteiger partial charge in [0.1, 0.15) is 6.10 Å². The molecule has 2 aromatic rings. The summed E-state index contributed by atoms with van der Waals surface area (Å²) in [7, 11) is 3.39. The lowest BCUT2D eigenvalue weighted by Gasteiger charge is -2.20. The molecule has 1 aliphatic heterocycles. The van der Waals surface area contributed by atoms with Gasteiger partial charge >= 0.3 is 6.03 Å². The monoisotopic (exact) mass is 348 g/mol. The fourth-order valence-corrected chi connectivity index (χ4v) is 2.97. The highest BCUT2D eigenvalue weighted by molar-refractivity contribution is 5.74. The summed E-state index contributed by atoms with van der Waals surface area (Å²) >= 11 is 0. The molecule has 9 nitrogen and oxygen atoms in total. The summed E-state index contributed by atoms with van der Waals surface area (Å²) in [6, 6.07) is 3.52. The van der Waals surface area contributed by atoms with Crippen LogP contribution >= 0.6 is 0 Å². The number of ether oxygens (including phenoxy) is 1. The van der Waals surface area contributed by atoms with Crippen LogP contribution in [0.2, 0.25) is 0 Å². The van der Waals surface area contributed by atoms with Crippen molar-refractivity contribution in [3.05, 3.63) is 35.4 Å². The fourth-order valence-electron chi connectivity index (χ4n) is 2.97. The van der Waals surface area contributed by atoms with Gasteiger partial charge in [-0.25, -0.2) is 4.79 Å². The van der Waals surface area contributed by atoms with Crippen molar-refractivity contribution in [1.29, 1.82) is 0 Å². The van der Waals surface area contributed by atoms with E-state index in [0.717, 1.165) is 18.7 Å². The number of urea groups is 1. The van der Waals surface area contributed by atoms with Gasteiger partial charge in [0, 0.05) is 40.0 Å². The summed E-state index contributed by atoms with van der Waals surface area (Å²) in [6.45, 7) is 2.81. The number of methoxy groups -OCH3 is 1. The molecule has 0 saturated heterocycles. The molecule has 9 heteroatoms. The number of carbonyl (C=O) groups is 1. The van der Waals surface area contributed by atoms with Crippen LogP contribution in [0.5, 0.6) is 0 Å². The average Bonchev–Trinajstić information content (AvgIpc) is 3.15. The third kappa shape index (κ3) is 3.83. The quantitative estimate of drug-likeness (QED) is 0.756. The van der Waals surface area contributed by atoms with E-state index in [9.17, 15) is 9.90 Å². The number of nitrogens with one attached hydrogen (secondary N) is 1. The van der Waals surface area contributed by atoms with E-state index >= 15 is 0 Å². The van der Waals surface area contributed by atoms with E-state index in [0.29, 0.717) is 37.6 Å². The van der Waals surface area contributed by atoms with Crippen molar-refractivity contribution in [2.45, 2.75) is 25.6 Å². The first-order valence-corrected chi connectivity index (χ1v) is 8.34. The molecule has 0 spiro atoms. The Morgan fingerprint density at radius 3 is 3.04 bits per heavy atom. The SMILES string of the molecule is COCCNC(=O)N1CCCn2nc(C(O)c3ccnn3C)cc2C1. The Labute approximate surface area is 146 Å². The molecule has 136 valence electrons. The van der Waals surface area contributed by atoms with Crippen molar-refractivity contribution < 1.29 is 14.6 Å². The maximum Gasteiger partial charge on any atom is 0.317 e. The van der Waals surface area contributed by atoms with Crippen LogP contribution < -0.4 is 5.32 Å². The zero-order valence-corrected chi connectivity index (χ0v) is 14.6. The Balaban J connectivity index is 1.72. The van der Waals surface area contributed by atoms with Gasteiger partial charge in [-0.15, -0.1) is 0 Å². The molecule has 3 heterocycles. The van der Waals surface area contributed by atoms with Crippen LogP contribution in [0.1, 0.15) is 29.6 Å². The van der Waals surface area contributed by atoms with E-state index in [-0.39, 0.29) is 6.03 Å². The molecule has 0 bridgehead atoms. The van der Waals surface area contributed by atoms with E-state index in [1.165, 1.54) is 0 Å². The van der Waals surface area contributed by atoms with E-state index in [1.54, 1.807) is 36.0 Å². The van der Waals surface area contributed by atoms with Gasteiger partial charge in [-0.05, 0) is 18.6 Å². The molecular formula is C16H24N6O3. The van der Waals surface area contributed by atoms with Crippen LogP contribution in [0, 0.1) is 0 Å². The Morgan fingerprint density at radius 2 is 2.32 bits per heavy atom. The molecule has 2 amide bonds. The number of aromatic nitrogens is 4. The van der Waals surface area contributed by atoms with E-state index in [4.69, 9.17) is 4.74 Å². The summed E-state index contributed by atoms with van der Waals surface area (Å²) < 4.78 is 8.46. The van der Waals surface area contributed by atoms with Crippen LogP contribution in [-0.4, -0.2) is 62.4 Å². The van der Waals surface area contributed by atoms with Crippen molar-refractivity contribution >= 4 is 6.03 Å². The maximum absolute atomic E-state index is 12.3. The highest BCUT2D eigenvalue weighted by Gasteiger charge is 2.24. The van der Waals surface area contributed by atoms with Crippen molar-refractivity contribution in [2.75, 3.05) is 26.8 Å². The Bertz CT molecular complexity index is 725. The number of aryl methyl sites for hydroxylation is 2. The third-order valence-electron chi connectivity index (χ3n) is 4.32. The third-order valence-corrected chi connectivity index (χ3v) is 4.32. The highest BCUT2D eigenvalue weighted by Crippen LogP contribution is 2.23. The van der Waals surface area contributed by atoms with Crippen LogP contribution in [0.4, 0.5) is 4.79 Å². The van der Waals surface area contributed by atoms with Crippen molar-refractivity contribution in [3.8, 4) is 0 Å². The van der Waals surface area contributed by atoms with Crippen molar-refractivity contribution in [1.82, 2.24) is 29.8 Å². The molecule has 1 atom stereocenters. The minimum Gasteiger partial charge on any atom is -0.383 e. The topological polar surface area (TPSA) is 97.4 Å². The number of hydrogen-bond acceptors (Lipinski definition) is 5. The normalized spacial score (nSPS) is 15.6. The summed E-state index contributed by atoms with van der Waals surface area (Å²) in [5.41, 5.74) is 2.17. The number of fused-ring (bicyclic) bond motifs is 1. The van der Waals surface area contributed by atoms with Crippen molar-refractivity contribution in [2.24, 2.45) is 7.05 Å². The predicted molar refractivity (Wildman–Crippen MR) is 89.8 cm³/mol. The van der Waals surface area contributed by atoms with E-state index < -0.39 is 6.10 Å². The highest BCUT2D eigenvalue weighted by atomic mass is 16.5. The average molecular weight is 348 g/mol. The molecule has 0 aromatic carbocycles. The summed E-state index contributed by atoms with van der Waals surface area (Å²) in [5, 5.41) is 22.0. The van der Waals surface area contributed by atoms with Gasteiger partial charge in [-0.2, -0.15) is 10.2 Å². The van der Waals surface area contributed by atoms with Gasteiger partial charge in [-0.1, -0.05) is 0 Å². The molecule has 25 heavy (non-hydrogen) atoms. The molecule has 2 aromatic heterocycles. The lowest BCUT2D eigenvalue weighted by molar-refractivity contribution is 0.178. The minimum absolute atomic E-state index is 0.111. The van der Waals surface area contributed by atoms with Gasteiger partial charge in [0.15, 0.2) is 0 Å². The Morgan fingerprint density at radius 1 is 1.48 bits per heavy atom. The number of aliphatic hydroxyl groups excluding tert-OH is 1. The second kappa shape index (κ2) is 7.66.